The number of carbonyl (C=O) groups is 1. The lowest BCUT2D eigenvalue weighted by Crippen LogP contribution is -2.29. The topological polar surface area (TPSA) is 38.3 Å². The lowest BCUT2D eigenvalue weighted by Gasteiger charge is -2.07. The molecule has 0 aliphatic heterocycles. The highest BCUT2D eigenvalue weighted by Crippen LogP contribution is 2.20. The van der Waals surface area contributed by atoms with Crippen molar-refractivity contribution in [3.05, 3.63) is 28.5 Å². The maximum atomic E-state index is 13.0. The van der Waals surface area contributed by atoms with Crippen LogP contribution in [0.1, 0.15) is 19.8 Å². The van der Waals surface area contributed by atoms with E-state index >= 15 is 0 Å². The Morgan fingerprint density at radius 1 is 1.47 bits per heavy atom. The Hall–Kier alpha value is -1.10. The number of hydrogen-bond acceptors (Lipinski definition) is 2. The van der Waals surface area contributed by atoms with Crippen molar-refractivity contribution in [1.29, 1.82) is 0 Å². The maximum absolute atomic E-state index is 13.0. The first-order valence-corrected chi connectivity index (χ1v) is 6.26. The molecule has 1 rings (SSSR count). The van der Waals surface area contributed by atoms with Crippen molar-refractivity contribution in [3.63, 3.8) is 0 Å². The van der Waals surface area contributed by atoms with E-state index in [9.17, 15) is 9.18 Å². The zero-order valence-electron chi connectivity index (χ0n) is 9.63. The second-order valence-corrected chi connectivity index (χ2v) is 4.51. The molecule has 17 heavy (non-hydrogen) atoms. The number of benzene rings is 1. The fourth-order valence-electron chi connectivity index (χ4n) is 1.22. The lowest BCUT2D eigenvalue weighted by molar-refractivity contribution is -0.123. The van der Waals surface area contributed by atoms with Crippen LogP contribution in [0.3, 0.4) is 0 Å². The molecule has 0 unspecified atom stereocenters. The lowest BCUT2D eigenvalue weighted by atomic mass is 10.3. The van der Waals surface area contributed by atoms with Crippen LogP contribution in [-0.4, -0.2) is 19.1 Å². The fourth-order valence-corrected chi connectivity index (χ4v) is 1.66. The van der Waals surface area contributed by atoms with E-state index in [0.717, 1.165) is 12.8 Å². The molecule has 0 aliphatic rings. The van der Waals surface area contributed by atoms with Crippen molar-refractivity contribution < 1.29 is 13.9 Å². The smallest absolute Gasteiger partial charge is 0.257 e. The van der Waals surface area contributed by atoms with Crippen LogP contribution in [0.15, 0.2) is 22.7 Å². The molecule has 0 aromatic heterocycles. The van der Waals surface area contributed by atoms with Crippen molar-refractivity contribution in [2.45, 2.75) is 19.8 Å². The Morgan fingerprint density at radius 2 is 2.24 bits per heavy atom. The number of unbranched alkanes of at least 4 members (excludes halogenated alkanes) is 1. The third-order valence-electron chi connectivity index (χ3n) is 2.06. The number of rotatable bonds is 6. The van der Waals surface area contributed by atoms with Gasteiger partial charge in [0.1, 0.15) is 11.6 Å². The molecule has 0 radical (unpaired) electrons. The fraction of sp³-hybridized carbons (Fsp3) is 0.417. The number of amides is 1. The van der Waals surface area contributed by atoms with Gasteiger partial charge in [-0.2, -0.15) is 0 Å². The first-order chi connectivity index (χ1) is 8.11. The van der Waals surface area contributed by atoms with Gasteiger partial charge in [-0.1, -0.05) is 29.3 Å². The summed E-state index contributed by atoms with van der Waals surface area (Å²) in [6, 6.07) is 4.18. The molecule has 0 spiro atoms. The van der Waals surface area contributed by atoms with Crippen LogP contribution in [0.5, 0.6) is 5.75 Å². The summed E-state index contributed by atoms with van der Waals surface area (Å²) >= 11 is 3.15. The number of ether oxygens (including phenoxy) is 1. The number of halogens is 2. The van der Waals surface area contributed by atoms with Crippen LogP contribution in [0.2, 0.25) is 0 Å². The van der Waals surface area contributed by atoms with Gasteiger partial charge in [0.15, 0.2) is 6.61 Å². The molecule has 94 valence electrons. The van der Waals surface area contributed by atoms with Gasteiger partial charge in [-0.25, -0.2) is 4.39 Å². The third kappa shape index (κ3) is 5.68. The molecular weight excluding hydrogens is 289 g/mol. The largest absolute Gasteiger partial charge is 0.484 e. The Labute approximate surface area is 108 Å². The van der Waals surface area contributed by atoms with Crippen molar-refractivity contribution in [1.82, 2.24) is 5.32 Å². The highest BCUT2D eigenvalue weighted by atomic mass is 79.9. The summed E-state index contributed by atoms with van der Waals surface area (Å²) in [4.78, 5) is 11.3. The molecule has 0 saturated carbocycles. The highest BCUT2D eigenvalue weighted by Gasteiger charge is 2.04. The summed E-state index contributed by atoms with van der Waals surface area (Å²) in [6.07, 6.45) is 1.97. The van der Waals surface area contributed by atoms with Crippen molar-refractivity contribution >= 4 is 21.8 Å². The predicted molar refractivity (Wildman–Crippen MR) is 67.5 cm³/mol. The van der Waals surface area contributed by atoms with E-state index in [4.69, 9.17) is 4.74 Å². The zero-order valence-corrected chi connectivity index (χ0v) is 11.2. The molecule has 0 aliphatic carbocycles. The van der Waals surface area contributed by atoms with Crippen molar-refractivity contribution in [3.8, 4) is 5.75 Å². The average molecular weight is 304 g/mol. The van der Waals surface area contributed by atoms with Gasteiger partial charge in [0, 0.05) is 17.1 Å². The Bertz CT molecular complexity index is 365. The first-order valence-electron chi connectivity index (χ1n) is 5.47. The molecule has 0 saturated heterocycles. The first kappa shape index (κ1) is 14.0. The second kappa shape index (κ2) is 7.27. The normalized spacial score (nSPS) is 10.1. The van der Waals surface area contributed by atoms with Crippen LogP contribution >= 0.6 is 15.9 Å². The van der Waals surface area contributed by atoms with E-state index in [2.05, 4.69) is 21.2 Å². The Kier molecular flexibility index (Phi) is 5.97. The van der Waals surface area contributed by atoms with Gasteiger partial charge in [0.25, 0.3) is 5.91 Å². The molecule has 1 amide bonds. The van der Waals surface area contributed by atoms with E-state index in [-0.39, 0.29) is 12.5 Å². The van der Waals surface area contributed by atoms with Gasteiger partial charge < -0.3 is 10.1 Å². The zero-order chi connectivity index (χ0) is 12.7. The van der Waals surface area contributed by atoms with E-state index < -0.39 is 5.82 Å². The highest BCUT2D eigenvalue weighted by molar-refractivity contribution is 9.10. The van der Waals surface area contributed by atoms with Gasteiger partial charge in [0.05, 0.1) is 0 Å². The number of carbonyl (C=O) groups excluding carboxylic acids is 1. The molecule has 0 fully saturated rings. The summed E-state index contributed by atoms with van der Waals surface area (Å²) in [7, 11) is 0. The van der Waals surface area contributed by atoms with Crippen molar-refractivity contribution in [2.24, 2.45) is 0 Å². The van der Waals surface area contributed by atoms with E-state index in [0.29, 0.717) is 16.8 Å². The van der Waals surface area contributed by atoms with E-state index in [1.807, 2.05) is 6.92 Å². The van der Waals surface area contributed by atoms with Crippen LogP contribution in [0.25, 0.3) is 0 Å². The van der Waals surface area contributed by atoms with Gasteiger partial charge in [0.2, 0.25) is 0 Å². The second-order valence-electron chi connectivity index (χ2n) is 3.60. The SMILES string of the molecule is CCCCNC(=O)COc1cc(F)cc(Br)c1. The number of nitrogens with one attached hydrogen (secondary N) is 1. The van der Waals surface area contributed by atoms with Gasteiger partial charge in [-0.05, 0) is 18.6 Å². The molecule has 0 atom stereocenters. The predicted octanol–water partition coefficient (Wildman–Crippen LogP) is 2.88. The maximum Gasteiger partial charge on any atom is 0.257 e. The standard InChI is InChI=1S/C12H15BrFNO2/c1-2-3-4-15-12(16)8-17-11-6-9(13)5-10(14)7-11/h5-7H,2-4,8H2,1H3,(H,15,16). The Balaban J connectivity index is 2.36. The van der Waals surface area contributed by atoms with Gasteiger partial charge in [-0.15, -0.1) is 0 Å². The molecular formula is C12H15BrFNO2. The Morgan fingerprint density at radius 3 is 2.88 bits per heavy atom. The summed E-state index contributed by atoms with van der Waals surface area (Å²) in [5.41, 5.74) is 0. The van der Waals surface area contributed by atoms with Gasteiger partial charge >= 0.3 is 0 Å². The van der Waals surface area contributed by atoms with Crippen molar-refractivity contribution in [2.75, 3.05) is 13.2 Å². The molecule has 1 N–H and O–H groups in total. The van der Waals surface area contributed by atoms with Crippen LogP contribution < -0.4 is 10.1 Å². The molecule has 1 aromatic rings. The number of hydrogen-bond donors (Lipinski definition) is 1. The van der Waals surface area contributed by atoms with E-state index in [1.165, 1.54) is 12.1 Å². The minimum Gasteiger partial charge on any atom is -0.484 e. The summed E-state index contributed by atoms with van der Waals surface area (Å²) in [5, 5.41) is 2.71. The van der Waals surface area contributed by atoms with Crippen LogP contribution in [0, 0.1) is 5.82 Å². The van der Waals surface area contributed by atoms with Crippen LogP contribution in [-0.2, 0) is 4.79 Å². The summed E-state index contributed by atoms with van der Waals surface area (Å²) in [5.74, 6) is -0.262. The molecule has 3 nitrogen and oxygen atoms in total. The molecule has 0 bridgehead atoms. The quantitative estimate of drug-likeness (QED) is 0.821. The molecule has 1 aromatic carbocycles. The van der Waals surface area contributed by atoms with E-state index in [1.54, 1.807) is 6.07 Å². The monoisotopic (exact) mass is 303 g/mol. The minimum absolute atomic E-state index is 0.0976. The molecule has 5 heteroatoms. The third-order valence-corrected chi connectivity index (χ3v) is 2.52. The summed E-state index contributed by atoms with van der Waals surface area (Å²) < 4.78 is 18.8. The van der Waals surface area contributed by atoms with Gasteiger partial charge in [-0.3, -0.25) is 4.79 Å². The minimum atomic E-state index is -0.402. The average Bonchev–Trinajstić information content (AvgIpc) is 2.25. The molecule has 0 heterocycles. The summed E-state index contributed by atoms with van der Waals surface area (Å²) in [6.45, 7) is 2.60. The van der Waals surface area contributed by atoms with Crippen LogP contribution in [0.4, 0.5) is 4.39 Å².